The molecule has 1 aliphatic carbocycles. The lowest BCUT2D eigenvalue weighted by Gasteiger charge is -2.24. The van der Waals surface area contributed by atoms with E-state index in [4.69, 9.17) is 11.6 Å². The second kappa shape index (κ2) is 17.0. The van der Waals surface area contributed by atoms with Gasteiger partial charge in [0.2, 0.25) is 0 Å². The largest absolute Gasteiger partial charge is 0.395 e. The lowest BCUT2D eigenvalue weighted by Crippen LogP contribution is -2.26. The maximum absolute atomic E-state index is 10.9. The first kappa shape index (κ1) is 28.7. The molecule has 0 aliphatic heterocycles. The van der Waals surface area contributed by atoms with Crippen molar-refractivity contribution in [1.29, 1.82) is 0 Å². The van der Waals surface area contributed by atoms with E-state index in [2.05, 4.69) is 28.1 Å². The summed E-state index contributed by atoms with van der Waals surface area (Å²) in [5.74, 6) is 0. The molecule has 0 heterocycles. The van der Waals surface area contributed by atoms with E-state index in [1.54, 1.807) is 0 Å². The average Bonchev–Trinajstić information content (AvgIpc) is 3.09. The van der Waals surface area contributed by atoms with Gasteiger partial charge in [-0.3, -0.25) is 10.1 Å². The van der Waals surface area contributed by atoms with Gasteiger partial charge in [-0.25, -0.2) is 0 Å². The Bertz CT molecular complexity index is 912. The second-order valence-electron chi connectivity index (χ2n) is 8.84. The lowest BCUT2D eigenvalue weighted by atomic mass is 10.1. The SMILES string of the molecule is CCCCCCCCCCCCN(CCO)C1=CC=C(N=Nc2ccc([N+](=O)[O-])cc2Cl)CC=C1. The minimum atomic E-state index is -0.495. The highest BCUT2D eigenvalue weighted by molar-refractivity contribution is 6.33. The number of aliphatic hydroxyl groups excluding tert-OH is 1. The zero-order chi connectivity index (χ0) is 25.3. The molecular formula is C27H39ClN4O3. The van der Waals surface area contributed by atoms with E-state index >= 15 is 0 Å². The third kappa shape index (κ3) is 11.2. The van der Waals surface area contributed by atoms with Gasteiger partial charge in [-0.2, -0.15) is 5.11 Å². The Morgan fingerprint density at radius 2 is 1.69 bits per heavy atom. The average molecular weight is 503 g/mol. The van der Waals surface area contributed by atoms with E-state index < -0.39 is 4.92 Å². The summed E-state index contributed by atoms with van der Waals surface area (Å²) >= 11 is 6.10. The van der Waals surface area contributed by atoms with Gasteiger partial charge in [-0.15, -0.1) is 5.11 Å². The zero-order valence-corrected chi connectivity index (χ0v) is 21.6. The summed E-state index contributed by atoms with van der Waals surface area (Å²) in [6.45, 7) is 3.87. The first-order valence-corrected chi connectivity index (χ1v) is 13.2. The highest BCUT2D eigenvalue weighted by atomic mass is 35.5. The molecule has 0 fully saturated rings. The number of allylic oxidation sites excluding steroid dienone is 4. The number of unbranched alkanes of at least 4 members (excludes halogenated alkanes) is 9. The molecule has 0 unspecified atom stereocenters. The van der Waals surface area contributed by atoms with Crippen molar-refractivity contribution in [2.75, 3.05) is 19.7 Å². The van der Waals surface area contributed by atoms with Crippen LogP contribution in [0.4, 0.5) is 11.4 Å². The van der Waals surface area contributed by atoms with Crippen LogP contribution in [0.3, 0.4) is 0 Å². The van der Waals surface area contributed by atoms with Crippen LogP contribution in [0.2, 0.25) is 5.02 Å². The molecule has 0 radical (unpaired) electrons. The van der Waals surface area contributed by atoms with Gasteiger partial charge < -0.3 is 10.0 Å². The van der Waals surface area contributed by atoms with Crippen LogP contribution >= 0.6 is 11.6 Å². The zero-order valence-electron chi connectivity index (χ0n) is 20.9. The number of rotatable bonds is 17. The Morgan fingerprint density at radius 3 is 2.31 bits per heavy atom. The summed E-state index contributed by atoms with van der Waals surface area (Å²) in [6, 6.07) is 4.13. The Morgan fingerprint density at radius 1 is 1.00 bits per heavy atom. The van der Waals surface area contributed by atoms with E-state index in [0.717, 1.165) is 24.4 Å². The van der Waals surface area contributed by atoms with E-state index in [9.17, 15) is 15.2 Å². The Labute approximate surface area is 214 Å². The maximum atomic E-state index is 10.9. The number of halogens is 1. The molecule has 8 heteroatoms. The summed E-state index contributed by atoms with van der Waals surface area (Å²) in [6.07, 6.45) is 21.6. The fourth-order valence-electron chi connectivity index (χ4n) is 3.98. The van der Waals surface area contributed by atoms with Crippen LogP contribution in [0.1, 0.15) is 77.6 Å². The molecule has 1 aromatic carbocycles. The molecule has 0 saturated carbocycles. The summed E-state index contributed by atoms with van der Waals surface area (Å²) in [4.78, 5) is 12.6. The highest BCUT2D eigenvalue weighted by Gasteiger charge is 2.10. The molecule has 0 aromatic heterocycles. The van der Waals surface area contributed by atoms with Gasteiger partial charge in [0.15, 0.2) is 0 Å². The van der Waals surface area contributed by atoms with Crippen molar-refractivity contribution in [3.8, 4) is 0 Å². The third-order valence-electron chi connectivity index (χ3n) is 6.01. The molecule has 0 amide bonds. The monoisotopic (exact) mass is 502 g/mol. The number of nitro groups is 1. The molecule has 1 aromatic rings. The Kier molecular flexibility index (Phi) is 14.0. The molecule has 1 N–H and O–H groups in total. The van der Waals surface area contributed by atoms with Gasteiger partial charge >= 0.3 is 0 Å². The lowest BCUT2D eigenvalue weighted by molar-refractivity contribution is -0.384. The van der Waals surface area contributed by atoms with Crippen molar-refractivity contribution in [2.45, 2.75) is 77.6 Å². The smallest absolute Gasteiger partial charge is 0.271 e. The van der Waals surface area contributed by atoms with E-state index in [1.165, 1.54) is 76.0 Å². The predicted molar refractivity (Wildman–Crippen MR) is 143 cm³/mol. The number of azo groups is 1. The summed E-state index contributed by atoms with van der Waals surface area (Å²) in [5, 5.41) is 29.0. The Hall–Kier alpha value is -2.51. The fourth-order valence-corrected chi connectivity index (χ4v) is 4.19. The van der Waals surface area contributed by atoms with Crippen molar-refractivity contribution < 1.29 is 10.0 Å². The quantitative estimate of drug-likeness (QED) is 0.100. The molecule has 192 valence electrons. The van der Waals surface area contributed by atoms with Crippen LogP contribution in [0, 0.1) is 10.1 Å². The van der Waals surface area contributed by atoms with Gasteiger partial charge in [-0.1, -0.05) is 82.4 Å². The van der Waals surface area contributed by atoms with Crippen LogP contribution in [0.25, 0.3) is 0 Å². The number of hydrogen-bond donors (Lipinski definition) is 1. The van der Waals surface area contributed by atoms with Crippen LogP contribution < -0.4 is 0 Å². The number of aliphatic hydroxyl groups is 1. The van der Waals surface area contributed by atoms with Gasteiger partial charge in [0.05, 0.1) is 22.2 Å². The normalized spacial score (nSPS) is 13.6. The van der Waals surface area contributed by atoms with Crippen molar-refractivity contribution >= 4 is 23.0 Å². The minimum absolute atomic E-state index is 0.0791. The van der Waals surface area contributed by atoms with Crippen LogP contribution in [0.5, 0.6) is 0 Å². The third-order valence-corrected chi connectivity index (χ3v) is 6.31. The molecule has 0 atom stereocenters. The Balaban J connectivity index is 1.85. The number of nitrogens with zero attached hydrogens (tertiary/aromatic N) is 4. The molecule has 0 spiro atoms. The molecule has 7 nitrogen and oxygen atoms in total. The van der Waals surface area contributed by atoms with E-state index in [1.807, 2.05) is 18.2 Å². The summed E-state index contributed by atoms with van der Waals surface area (Å²) in [7, 11) is 0. The molecule has 1 aliphatic rings. The van der Waals surface area contributed by atoms with Crippen LogP contribution in [-0.4, -0.2) is 34.6 Å². The molecule has 35 heavy (non-hydrogen) atoms. The van der Waals surface area contributed by atoms with Gasteiger partial charge in [0.1, 0.15) is 5.69 Å². The van der Waals surface area contributed by atoms with Gasteiger partial charge in [0.25, 0.3) is 5.69 Å². The van der Waals surface area contributed by atoms with E-state index in [-0.39, 0.29) is 17.3 Å². The summed E-state index contributed by atoms with van der Waals surface area (Å²) < 4.78 is 0. The summed E-state index contributed by atoms with van der Waals surface area (Å²) in [5.41, 5.74) is 2.12. The molecule has 2 rings (SSSR count). The second-order valence-corrected chi connectivity index (χ2v) is 9.25. The standard InChI is InChI=1S/C27H39ClN4O3/c1-2-3-4-5-6-7-8-9-10-11-19-31(20-21-33)24-14-12-13-23(15-16-24)29-30-27-18-17-25(32(34)35)22-26(27)28/h12,14-18,22,33H,2-11,13,19-21H2,1H3. The van der Waals surface area contributed by atoms with Gasteiger partial charge in [-0.05, 0) is 30.7 Å². The number of hydrogen-bond acceptors (Lipinski definition) is 6. The van der Waals surface area contributed by atoms with Crippen molar-refractivity contribution in [2.24, 2.45) is 10.2 Å². The molecular weight excluding hydrogens is 464 g/mol. The van der Waals surface area contributed by atoms with Gasteiger partial charge in [0, 0.05) is 37.3 Å². The number of nitro benzene ring substituents is 1. The topological polar surface area (TPSA) is 91.3 Å². The molecule has 0 saturated heterocycles. The molecule has 0 bridgehead atoms. The van der Waals surface area contributed by atoms with Crippen LogP contribution in [-0.2, 0) is 0 Å². The first-order valence-electron chi connectivity index (χ1n) is 12.8. The predicted octanol–water partition coefficient (Wildman–Crippen LogP) is 8.27. The number of non-ortho nitro benzene ring substituents is 1. The van der Waals surface area contributed by atoms with E-state index in [0.29, 0.717) is 18.7 Å². The number of benzene rings is 1. The van der Waals surface area contributed by atoms with Crippen molar-refractivity contribution in [1.82, 2.24) is 4.90 Å². The maximum Gasteiger partial charge on any atom is 0.271 e. The van der Waals surface area contributed by atoms with Crippen LogP contribution in [0.15, 0.2) is 64.1 Å². The van der Waals surface area contributed by atoms with Crippen molar-refractivity contribution in [3.63, 3.8) is 0 Å². The fraction of sp³-hybridized carbons (Fsp3) is 0.556. The first-order chi connectivity index (χ1) is 17.0. The van der Waals surface area contributed by atoms with Crippen molar-refractivity contribution in [3.05, 3.63) is 69.0 Å². The highest BCUT2D eigenvalue weighted by Crippen LogP contribution is 2.30. The minimum Gasteiger partial charge on any atom is -0.395 e.